The molecule has 4 rings (SSSR count). The highest BCUT2D eigenvalue weighted by molar-refractivity contribution is 6.02. The maximum Gasteiger partial charge on any atom is 0.258 e. The molecule has 31 heavy (non-hydrogen) atoms. The minimum atomic E-state index is -0.539. The standard InChI is InChI=1S/C23H25N5O3/c1-2-31-20-11-4-3-9-18(20)23(30)28-14-7-10-19(28)22(29)25-21-12-15-27(26-21)16-17-8-5-6-13-24-17/h3-6,8-9,11-13,15,19H,2,7,10,14,16H2,1H3,(H,25,26,29). The van der Waals surface area contributed by atoms with E-state index in [1.807, 2.05) is 31.2 Å². The first-order chi connectivity index (χ1) is 15.2. The van der Waals surface area contributed by atoms with Gasteiger partial charge in [-0.05, 0) is 44.0 Å². The highest BCUT2D eigenvalue weighted by Crippen LogP contribution is 2.26. The summed E-state index contributed by atoms with van der Waals surface area (Å²) >= 11 is 0. The third kappa shape index (κ3) is 4.74. The van der Waals surface area contributed by atoms with Crippen LogP contribution < -0.4 is 10.1 Å². The van der Waals surface area contributed by atoms with Crippen LogP contribution in [0.25, 0.3) is 0 Å². The number of nitrogens with one attached hydrogen (secondary N) is 1. The maximum absolute atomic E-state index is 13.2. The fourth-order valence-corrected chi connectivity index (χ4v) is 3.75. The Morgan fingerprint density at radius 1 is 1.16 bits per heavy atom. The van der Waals surface area contributed by atoms with E-state index >= 15 is 0 Å². The Balaban J connectivity index is 1.43. The van der Waals surface area contributed by atoms with Crippen molar-refractivity contribution in [1.29, 1.82) is 0 Å². The molecule has 0 spiro atoms. The first-order valence-corrected chi connectivity index (χ1v) is 10.4. The van der Waals surface area contributed by atoms with Gasteiger partial charge in [0.15, 0.2) is 5.82 Å². The molecule has 1 saturated heterocycles. The Labute approximate surface area is 180 Å². The number of anilines is 1. The lowest BCUT2D eigenvalue weighted by atomic mass is 10.1. The van der Waals surface area contributed by atoms with Crippen molar-refractivity contribution in [3.8, 4) is 5.75 Å². The first kappa shape index (κ1) is 20.6. The Bertz CT molecular complexity index is 1050. The molecule has 1 fully saturated rings. The molecule has 3 heterocycles. The average molecular weight is 419 g/mol. The number of hydrogen-bond acceptors (Lipinski definition) is 5. The van der Waals surface area contributed by atoms with E-state index in [1.54, 1.807) is 46.2 Å². The monoisotopic (exact) mass is 419 g/mol. The molecule has 1 aliphatic rings. The molecule has 2 aromatic heterocycles. The normalized spacial score (nSPS) is 15.6. The zero-order valence-electron chi connectivity index (χ0n) is 17.4. The summed E-state index contributed by atoms with van der Waals surface area (Å²) in [7, 11) is 0. The largest absolute Gasteiger partial charge is 0.493 e. The Morgan fingerprint density at radius 2 is 2.00 bits per heavy atom. The topological polar surface area (TPSA) is 89.4 Å². The molecule has 0 radical (unpaired) electrons. The summed E-state index contributed by atoms with van der Waals surface area (Å²) in [5.74, 6) is 0.564. The molecule has 8 nitrogen and oxygen atoms in total. The van der Waals surface area contributed by atoms with Crippen molar-refractivity contribution in [3.63, 3.8) is 0 Å². The lowest BCUT2D eigenvalue weighted by Gasteiger charge is -2.24. The number of carbonyl (C=O) groups is 2. The van der Waals surface area contributed by atoms with Gasteiger partial charge in [0.25, 0.3) is 5.91 Å². The van der Waals surface area contributed by atoms with Crippen LogP contribution in [-0.4, -0.2) is 50.7 Å². The van der Waals surface area contributed by atoms with Crippen molar-refractivity contribution in [1.82, 2.24) is 19.7 Å². The molecule has 2 amide bonds. The van der Waals surface area contributed by atoms with Gasteiger partial charge in [-0.15, -0.1) is 0 Å². The third-order valence-corrected chi connectivity index (χ3v) is 5.18. The number of nitrogens with zero attached hydrogens (tertiary/aromatic N) is 4. The zero-order valence-corrected chi connectivity index (χ0v) is 17.4. The molecular weight excluding hydrogens is 394 g/mol. The van der Waals surface area contributed by atoms with E-state index in [2.05, 4.69) is 15.4 Å². The van der Waals surface area contributed by atoms with Gasteiger partial charge in [-0.25, -0.2) is 0 Å². The second kappa shape index (κ2) is 9.42. The van der Waals surface area contributed by atoms with Crippen molar-refractivity contribution in [3.05, 3.63) is 72.2 Å². The van der Waals surface area contributed by atoms with Crippen molar-refractivity contribution in [2.24, 2.45) is 0 Å². The van der Waals surface area contributed by atoms with Crippen LogP contribution in [0.3, 0.4) is 0 Å². The van der Waals surface area contributed by atoms with Gasteiger partial charge in [-0.3, -0.25) is 19.3 Å². The lowest BCUT2D eigenvalue weighted by Crippen LogP contribution is -2.43. The third-order valence-electron chi connectivity index (χ3n) is 5.18. The Kier molecular flexibility index (Phi) is 6.26. The van der Waals surface area contributed by atoms with E-state index in [1.165, 1.54) is 0 Å². The number of carbonyl (C=O) groups excluding carboxylic acids is 2. The van der Waals surface area contributed by atoms with Crippen LogP contribution in [0.4, 0.5) is 5.82 Å². The second-order valence-corrected chi connectivity index (χ2v) is 7.29. The van der Waals surface area contributed by atoms with E-state index in [-0.39, 0.29) is 11.8 Å². The van der Waals surface area contributed by atoms with Crippen LogP contribution in [0.5, 0.6) is 5.75 Å². The van der Waals surface area contributed by atoms with Crippen LogP contribution in [0.1, 0.15) is 35.8 Å². The van der Waals surface area contributed by atoms with Gasteiger partial charge in [0.2, 0.25) is 5.91 Å². The summed E-state index contributed by atoms with van der Waals surface area (Å²) in [6.07, 6.45) is 4.91. The summed E-state index contributed by atoms with van der Waals surface area (Å²) in [6, 6.07) is 14.0. The number of rotatable bonds is 7. The number of likely N-dealkylation sites (tertiary alicyclic amines) is 1. The zero-order chi connectivity index (χ0) is 21.6. The molecule has 3 aromatic rings. The molecule has 1 aliphatic heterocycles. The van der Waals surface area contributed by atoms with Gasteiger partial charge in [-0.2, -0.15) is 5.10 Å². The summed E-state index contributed by atoms with van der Waals surface area (Å²) < 4.78 is 7.31. The van der Waals surface area contributed by atoms with Crippen LogP contribution in [-0.2, 0) is 11.3 Å². The minimum Gasteiger partial charge on any atom is -0.493 e. The fraction of sp³-hybridized carbons (Fsp3) is 0.304. The van der Waals surface area contributed by atoms with Gasteiger partial charge in [-0.1, -0.05) is 18.2 Å². The highest BCUT2D eigenvalue weighted by atomic mass is 16.5. The van der Waals surface area contributed by atoms with Crippen LogP contribution in [0, 0.1) is 0 Å². The molecule has 1 unspecified atom stereocenters. The van der Waals surface area contributed by atoms with Crippen molar-refractivity contribution >= 4 is 17.6 Å². The van der Waals surface area contributed by atoms with Crippen molar-refractivity contribution in [2.45, 2.75) is 32.4 Å². The number of hydrogen-bond donors (Lipinski definition) is 1. The number of amides is 2. The molecule has 1 aromatic carbocycles. The predicted octanol–water partition coefficient (Wildman–Crippen LogP) is 2.97. The molecule has 0 aliphatic carbocycles. The van der Waals surface area contributed by atoms with E-state index in [4.69, 9.17) is 4.74 Å². The van der Waals surface area contributed by atoms with E-state index < -0.39 is 6.04 Å². The van der Waals surface area contributed by atoms with Crippen LogP contribution in [0.15, 0.2) is 60.9 Å². The van der Waals surface area contributed by atoms with Gasteiger partial charge >= 0.3 is 0 Å². The first-order valence-electron chi connectivity index (χ1n) is 10.4. The van der Waals surface area contributed by atoms with E-state index in [0.29, 0.717) is 43.2 Å². The Hall–Kier alpha value is -3.68. The Morgan fingerprint density at radius 3 is 2.81 bits per heavy atom. The molecule has 160 valence electrons. The number of para-hydroxylation sites is 1. The number of aromatic nitrogens is 3. The van der Waals surface area contributed by atoms with Gasteiger partial charge in [0, 0.05) is 25.0 Å². The van der Waals surface area contributed by atoms with Crippen molar-refractivity contribution in [2.75, 3.05) is 18.5 Å². The summed E-state index contributed by atoms with van der Waals surface area (Å²) in [5, 5.41) is 7.25. The molecule has 0 saturated carbocycles. The summed E-state index contributed by atoms with van der Waals surface area (Å²) in [4.78, 5) is 32.0. The highest BCUT2D eigenvalue weighted by Gasteiger charge is 2.35. The molecule has 0 bridgehead atoms. The van der Waals surface area contributed by atoms with Gasteiger partial charge in [0.05, 0.1) is 24.4 Å². The molecule has 1 atom stereocenters. The minimum absolute atomic E-state index is 0.192. The quantitative estimate of drug-likeness (QED) is 0.636. The summed E-state index contributed by atoms with van der Waals surface area (Å²) in [6.45, 7) is 3.39. The lowest BCUT2D eigenvalue weighted by molar-refractivity contribution is -0.119. The molecule has 8 heteroatoms. The van der Waals surface area contributed by atoms with Gasteiger partial charge in [0.1, 0.15) is 11.8 Å². The molecular formula is C23H25N5O3. The fourth-order valence-electron chi connectivity index (χ4n) is 3.75. The molecule has 1 N–H and O–H groups in total. The van der Waals surface area contributed by atoms with Crippen molar-refractivity contribution < 1.29 is 14.3 Å². The van der Waals surface area contributed by atoms with Crippen LogP contribution >= 0.6 is 0 Å². The average Bonchev–Trinajstić information content (AvgIpc) is 3.44. The predicted molar refractivity (Wildman–Crippen MR) is 116 cm³/mol. The number of pyridine rings is 1. The second-order valence-electron chi connectivity index (χ2n) is 7.29. The smallest absolute Gasteiger partial charge is 0.258 e. The van der Waals surface area contributed by atoms with E-state index in [9.17, 15) is 9.59 Å². The number of benzene rings is 1. The number of ether oxygens (including phenoxy) is 1. The SMILES string of the molecule is CCOc1ccccc1C(=O)N1CCCC1C(=O)Nc1ccn(Cc2ccccn2)n1. The van der Waals surface area contributed by atoms with Gasteiger partial charge < -0.3 is 15.0 Å². The maximum atomic E-state index is 13.2. The van der Waals surface area contributed by atoms with Crippen LogP contribution in [0.2, 0.25) is 0 Å². The van der Waals surface area contributed by atoms with E-state index in [0.717, 1.165) is 12.1 Å². The summed E-state index contributed by atoms with van der Waals surface area (Å²) in [5.41, 5.74) is 1.35.